The molecule has 5 heteroatoms. The van der Waals surface area contributed by atoms with Crippen molar-refractivity contribution in [2.24, 2.45) is 5.92 Å². The number of benzene rings is 2. The van der Waals surface area contributed by atoms with E-state index < -0.39 is 0 Å². The molecule has 5 rings (SSSR count). The van der Waals surface area contributed by atoms with Crippen molar-refractivity contribution < 1.29 is 9.59 Å². The van der Waals surface area contributed by atoms with Crippen LogP contribution in [-0.4, -0.2) is 42.3 Å². The molecule has 4 nitrogen and oxygen atoms in total. The Kier molecular flexibility index (Phi) is 7.64. The molecule has 1 aromatic heterocycles. The number of carbonyl (C=O) groups excluding carboxylic acids is 2. The summed E-state index contributed by atoms with van der Waals surface area (Å²) in [6.07, 6.45) is 8.47. The summed E-state index contributed by atoms with van der Waals surface area (Å²) < 4.78 is 1.25. The number of rotatable bonds is 7. The second-order valence-electron chi connectivity index (χ2n) is 10.4. The molecular formula is C30H36N2O2S. The first-order valence-corrected chi connectivity index (χ1v) is 14.0. The maximum absolute atomic E-state index is 12.6. The number of ketones is 1. The molecule has 1 N–H and O–H groups in total. The van der Waals surface area contributed by atoms with E-state index in [0.717, 1.165) is 61.7 Å². The number of fused-ring (bicyclic) bond motifs is 2. The van der Waals surface area contributed by atoms with Crippen LogP contribution in [0.15, 0.2) is 48.5 Å². The fourth-order valence-corrected chi connectivity index (χ4v) is 6.80. The average molecular weight is 489 g/mol. The van der Waals surface area contributed by atoms with Gasteiger partial charge in [0.05, 0.1) is 6.42 Å². The minimum absolute atomic E-state index is 0.153. The van der Waals surface area contributed by atoms with Crippen molar-refractivity contribution in [3.8, 4) is 0 Å². The average Bonchev–Trinajstić information content (AvgIpc) is 3.15. The molecule has 184 valence electrons. The van der Waals surface area contributed by atoms with Gasteiger partial charge in [-0.05, 0) is 99.0 Å². The highest BCUT2D eigenvalue weighted by molar-refractivity contribution is 7.19. The second kappa shape index (κ2) is 11.0. The fourth-order valence-electron chi connectivity index (χ4n) is 5.74. The third kappa shape index (κ3) is 6.20. The lowest BCUT2D eigenvalue weighted by molar-refractivity contribution is -0.121. The first kappa shape index (κ1) is 24.2. The van der Waals surface area contributed by atoms with E-state index in [9.17, 15) is 9.59 Å². The van der Waals surface area contributed by atoms with E-state index in [2.05, 4.69) is 46.6 Å². The van der Waals surface area contributed by atoms with E-state index in [1.807, 2.05) is 12.1 Å². The summed E-state index contributed by atoms with van der Waals surface area (Å²) in [5.74, 6) is 1.08. The highest BCUT2D eigenvalue weighted by Crippen LogP contribution is 2.29. The van der Waals surface area contributed by atoms with Crippen LogP contribution in [-0.2, 0) is 24.1 Å². The predicted molar refractivity (Wildman–Crippen MR) is 144 cm³/mol. The monoisotopic (exact) mass is 488 g/mol. The van der Waals surface area contributed by atoms with Gasteiger partial charge in [-0.3, -0.25) is 9.59 Å². The van der Waals surface area contributed by atoms with Gasteiger partial charge in [-0.15, -0.1) is 11.3 Å². The van der Waals surface area contributed by atoms with E-state index >= 15 is 0 Å². The highest BCUT2D eigenvalue weighted by atomic mass is 32.1. The summed E-state index contributed by atoms with van der Waals surface area (Å²) in [6, 6.07) is 17.1. The summed E-state index contributed by atoms with van der Waals surface area (Å²) >= 11 is 1.73. The van der Waals surface area contributed by atoms with Crippen LogP contribution in [0.1, 0.15) is 65.4 Å². The predicted octanol–water partition coefficient (Wildman–Crippen LogP) is 5.81. The third-order valence-corrected chi connectivity index (χ3v) is 9.00. The van der Waals surface area contributed by atoms with Gasteiger partial charge in [-0.1, -0.05) is 30.3 Å². The molecule has 1 aliphatic carbocycles. The molecule has 2 aliphatic rings. The minimum atomic E-state index is 0.153. The molecule has 1 aliphatic heterocycles. The Morgan fingerprint density at radius 1 is 0.971 bits per heavy atom. The third-order valence-electron chi connectivity index (χ3n) is 7.88. The van der Waals surface area contributed by atoms with Gasteiger partial charge in [0.2, 0.25) is 5.91 Å². The first-order valence-electron chi connectivity index (χ1n) is 13.2. The fraction of sp³-hybridized carbons (Fsp3) is 0.467. The smallest absolute Gasteiger partial charge is 0.225 e. The zero-order valence-corrected chi connectivity index (χ0v) is 21.5. The topological polar surface area (TPSA) is 49.4 Å². The van der Waals surface area contributed by atoms with Gasteiger partial charge in [0.15, 0.2) is 5.78 Å². The van der Waals surface area contributed by atoms with Crippen molar-refractivity contribution in [3.63, 3.8) is 0 Å². The van der Waals surface area contributed by atoms with E-state index in [4.69, 9.17) is 0 Å². The summed E-state index contributed by atoms with van der Waals surface area (Å²) in [7, 11) is 0. The zero-order valence-electron chi connectivity index (χ0n) is 20.7. The van der Waals surface area contributed by atoms with Crippen molar-refractivity contribution in [2.75, 3.05) is 19.6 Å². The van der Waals surface area contributed by atoms with Gasteiger partial charge in [0.25, 0.3) is 0 Å². The van der Waals surface area contributed by atoms with E-state index in [1.54, 1.807) is 18.3 Å². The highest BCUT2D eigenvalue weighted by Gasteiger charge is 2.24. The normalized spacial score (nSPS) is 20.8. The lowest BCUT2D eigenvalue weighted by Crippen LogP contribution is -2.38. The summed E-state index contributed by atoms with van der Waals surface area (Å²) in [5.41, 5.74) is 3.60. The molecule has 35 heavy (non-hydrogen) atoms. The van der Waals surface area contributed by atoms with Crippen LogP contribution in [0.2, 0.25) is 0 Å². The van der Waals surface area contributed by atoms with Crippen molar-refractivity contribution >= 4 is 33.1 Å². The number of Topliss-reactive ketones (excluding diaryl/α,β-unsaturated/α-hetero) is 1. The van der Waals surface area contributed by atoms with Crippen LogP contribution in [0.4, 0.5) is 0 Å². The Bertz CT molecular complexity index is 1160. The van der Waals surface area contributed by atoms with Gasteiger partial charge in [0, 0.05) is 34.3 Å². The van der Waals surface area contributed by atoms with Crippen LogP contribution in [0.25, 0.3) is 10.1 Å². The van der Waals surface area contributed by atoms with Crippen molar-refractivity contribution in [3.05, 3.63) is 70.1 Å². The number of nitrogens with one attached hydrogen (secondary N) is 1. The maximum Gasteiger partial charge on any atom is 0.225 e. The molecular weight excluding hydrogens is 452 g/mol. The summed E-state index contributed by atoms with van der Waals surface area (Å²) in [6.45, 7) is 4.99. The van der Waals surface area contributed by atoms with Gasteiger partial charge < -0.3 is 10.2 Å². The van der Waals surface area contributed by atoms with Gasteiger partial charge >= 0.3 is 0 Å². The first-order chi connectivity index (χ1) is 17.0. The largest absolute Gasteiger partial charge is 0.353 e. The van der Waals surface area contributed by atoms with E-state index in [-0.39, 0.29) is 11.7 Å². The molecule has 1 saturated carbocycles. The molecule has 1 amide bonds. The number of carbonyl (C=O) groups is 2. The molecule has 0 unspecified atom stereocenters. The minimum Gasteiger partial charge on any atom is -0.353 e. The van der Waals surface area contributed by atoms with Crippen molar-refractivity contribution in [1.29, 1.82) is 0 Å². The summed E-state index contributed by atoms with van der Waals surface area (Å²) in [5, 5.41) is 4.53. The molecule has 0 saturated heterocycles. The Hall–Kier alpha value is -2.50. The van der Waals surface area contributed by atoms with Crippen molar-refractivity contribution in [2.45, 2.75) is 64.3 Å². The zero-order chi connectivity index (χ0) is 24.2. The van der Waals surface area contributed by atoms with Crippen LogP contribution in [0.3, 0.4) is 0 Å². The van der Waals surface area contributed by atoms with Crippen LogP contribution >= 0.6 is 11.3 Å². The van der Waals surface area contributed by atoms with Crippen LogP contribution in [0, 0.1) is 5.92 Å². The Morgan fingerprint density at radius 2 is 1.74 bits per heavy atom. The van der Waals surface area contributed by atoms with Crippen LogP contribution in [0.5, 0.6) is 0 Å². The molecule has 0 radical (unpaired) electrons. The maximum atomic E-state index is 12.6. The lowest BCUT2D eigenvalue weighted by Gasteiger charge is -2.30. The number of hydrogen-bond acceptors (Lipinski definition) is 4. The van der Waals surface area contributed by atoms with E-state index in [0.29, 0.717) is 12.5 Å². The molecule has 3 aromatic rings. The molecule has 1 fully saturated rings. The lowest BCUT2D eigenvalue weighted by atomic mass is 9.84. The number of hydrogen-bond donors (Lipinski definition) is 1. The summed E-state index contributed by atoms with van der Waals surface area (Å²) in [4.78, 5) is 28.1. The van der Waals surface area contributed by atoms with Gasteiger partial charge in [0.1, 0.15) is 0 Å². The number of nitrogens with zero attached hydrogens (tertiary/aromatic N) is 1. The molecule has 2 heterocycles. The number of amides is 1. The SMILES string of the molecule is CC(=O)c1ccc2c(c1)CCN(CCC1CCC(NC(=O)Cc3cc4ccccc4s3)CC1)CC2. The number of thiophene rings is 1. The van der Waals surface area contributed by atoms with E-state index in [1.165, 1.54) is 40.5 Å². The van der Waals surface area contributed by atoms with Crippen LogP contribution < -0.4 is 5.32 Å². The second-order valence-corrected chi connectivity index (χ2v) is 11.6. The standard InChI is InChI=1S/C30H36N2O2S/c1-21(33)24-9-8-23-13-16-32(17-14-25(23)18-24)15-12-22-6-10-27(11-7-22)31-30(34)20-28-19-26-4-2-3-5-29(26)35-28/h2-5,8-9,18-19,22,27H,6-7,10-17,20H2,1H3,(H,31,34). The van der Waals surface area contributed by atoms with Gasteiger partial charge in [-0.2, -0.15) is 0 Å². The van der Waals surface area contributed by atoms with Crippen molar-refractivity contribution in [1.82, 2.24) is 10.2 Å². The molecule has 2 aromatic carbocycles. The quantitative estimate of drug-likeness (QED) is 0.427. The Labute approximate surface area is 212 Å². The molecule has 0 spiro atoms. The Balaban J connectivity index is 1.03. The van der Waals surface area contributed by atoms with Gasteiger partial charge in [-0.25, -0.2) is 0 Å². The Morgan fingerprint density at radius 3 is 2.51 bits per heavy atom. The molecule has 0 atom stereocenters. The molecule has 0 bridgehead atoms.